The normalized spacial score (nSPS) is 20.0. The van der Waals surface area contributed by atoms with E-state index in [1.54, 1.807) is 11.8 Å². The van der Waals surface area contributed by atoms with E-state index in [1.807, 2.05) is 20.8 Å². The quantitative estimate of drug-likeness (QED) is 0.578. The van der Waals surface area contributed by atoms with Gasteiger partial charge in [0.2, 0.25) is 15.9 Å². The minimum Gasteiger partial charge on any atom is -0.338 e. The Labute approximate surface area is 165 Å². The number of carbonyl (C=O) groups is 1. The lowest BCUT2D eigenvalue weighted by Crippen LogP contribution is -2.58. The van der Waals surface area contributed by atoms with Gasteiger partial charge < -0.3 is 10.6 Å². The fourth-order valence-corrected chi connectivity index (χ4v) is 5.20. The summed E-state index contributed by atoms with van der Waals surface area (Å²) in [5.74, 6) is -0.204. The van der Waals surface area contributed by atoms with Crippen LogP contribution in [0.4, 0.5) is 5.69 Å². The first-order valence-electron chi connectivity index (χ1n) is 9.14. The molecule has 1 heterocycles. The van der Waals surface area contributed by atoms with Crippen molar-refractivity contribution in [1.29, 1.82) is 0 Å². The molecule has 2 N–H and O–H groups in total. The van der Waals surface area contributed by atoms with Crippen molar-refractivity contribution < 1.29 is 18.1 Å². The van der Waals surface area contributed by atoms with Crippen molar-refractivity contribution in [2.75, 3.05) is 19.6 Å². The van der Waals surface area contributed by atoms with Crippen LogP contribution >= 0.6 is 0 Å². The summed E-state index contributed by atoms with van der Waals surface area (Å²) in [5, 5.41) is 11.2. The predicted octanol–water partition coefficient (Wildman–Crippen LogP) is 1.58. The maximum Gasteiger partial charge on any atom is 0.289 e. The molecule has 1 aromatic rings. The van der Waals surface area contributed by atoms with Gasteiger partial charge in [0.05, 0.1) is 11.0 Å². The average molecular weight is 413 g/mol. The highest BCUT2D eigenvalue weighted by Gasteiger charge is 2.39. The predicted molar refractivity (Wildman–Crippen MR) is 105 cm³/mol. The molecule has 1 aromatic carbocycles. The Morgan fingerprint density at radius 3 is 2.46 bits per heavy atom. The molecule has 0 aromatic heterocycles. The Morgan fingerprint density at radius 2 is 1.93 bits per heavy atom. The molecule has 28 heavy (non-hydrogen) atoms. The fraction of sp³-hybridized carbons (Fsp3) is 0.611. The maximum atomic E-state index is 13.0. The molecule has 0 bridgehead atoms. The third-order valence-corrected chi connectivity index (χ3v) is 6.74. The second-order valence-electron chi connectivity index (χ2n) is 8.35. The van der Waals surface area contributed by atoms with Gasteiger partial charge in [-0.25, -0.2) is 8.42 Å². The number of nitro groups is 1. The van der Waals surface area contributed by atoms with Crippen molar-refractivity contribution in [3.05, 3.63) is 34.4 Å². The van der Waals surface area contributed by atoms with Gasteiger partial charge in [0.15, 0.2) is 4.90 Å². The number of hydrogen-bond donors (Lipinski definition) is 1. The highest BCUT2D eigenvalue weighted by atomic mass is 32.2. The highest BCUT2D eigenvalue weighted by Crippen LogP contribution is 2.29. The van der Waals surface area contributed by atoms with E-state index in [2.05, 4.69) is 0 Å². The molecule has 1 aliphatic heterocycles. The molecule has 1 amide bonds. The average Bonchev–Trinajstić information content (AvgIpc) is 2.59. The zero-order valence-corrected chi connectivity index (χ0v) is 17.5. The molecule has 1 saturated heterocycles. The summed E-state index contributed by atoms with van der Waals surface area (Å²) >= 11 is 0. The number of para-hydroxylation sites is 1. The summed E-state index contributed by atoms with van der Waals surface area (Å²) in [4.78, 5) is 24.4. The number of carbonyl (C=O) groups excluding carboxylic acids is 1. The number of nitrogens with two attached hydrogens (primary N) is 1. The summed E-state index contributed by atoms with van der Waals surface area (Å²) in [7, 11) is -4.06. The van der Waals surface area contributed by atoms with Crippen LogP contribution in [0.15, 0.2) is 29.2 Å². The molecule has 9 nitrogen and oxygen atoms in total. The minimum absolute atomic E-state index is 0.0591. The summed E-state index contributed by atoms with van der Waals surface area (Å²) in [6.45, 7) is 8.13. The van der Waals surface area contributed by atoms with Crippen molar-refractivity contribution in [2.45, 2.75) is 51.1 Å². The summed E-state index contributed by atoms with van der Waals surface area (Å²) < 4.78 is 27.2. The van der Waals surface area contributed by atoms with Crippen molar-refractivity contribution in [3.8, 4) is 0 Å². The Balaban J connectivity index is 2.18. The molecule has 0 aliphatic carbocycles. The molecule has 0 saturated carbocycles. The van der Waals surface area contributed by atoms with Crippen molar-refractivity contribution in [3.63, 3.8) is 0 Å². The van der Waals surface area contributed by atoms with E-state index in [-0.39, 0.29) is 35.9 Å². The van der Waals surface area contributed by atoms with E-state index in [0.717, 1.165) is 0 Å². The van der Waals surface area contributed by atoms with Gasteiger partial charge in [0.1, 0.15) is 0 Å². The van der Waals surface area contributed by atoms with Crippen LogP contribution in [0.25, 0.3) is 0 Å². The van der Waals surface area contributed by atoms with Gasteiger partial charge in [0, 0.05) is 31.7 Å². The SMILES string of the molecule is C[C@H]1CN(C(=O)[C@@H](N)CC(C)(C)C)CCN1S(=O)(=O)c1ccccc1[N+](=O)[O-]. The van der Waals surface area contributed by atoms with Crippen molar-refractivity contribution >= 4 is 21.6 Å². The third-order valence-electron chi connectivity index (χ3n) is 4.68. The molecule has 0 radical (unpaired) electrons. The number of piperazine rings is 1. The lowest BCUT2D eigenvalue weighted by Gasteiger charge is -2.40. The van der Waals surface area contributed by atoms with Crippen molar-refractivity contribution in [2.24, 2.45) is 11.1 Å². The number of benzene rings is 1. The van der Waals surface area contributed by atoms with Crippen LogP contribution in [0.2, 0.25) is 0 Å². The molecule has 1 fully saturated rings. The zero-order chi connectivity index (χ0) is 21.3. The van der Waals surface area contributed by atoms with E-state index < -0.39 is 32.7 Å². The number of rotatable bonds is 5. The second kappa shape index (κ2) is 8.14. The maximum absolute atomic E-state index is 13.0. The van der Waals surface area contributed by atoms with E-state index in [1.165, 1.54) is 28.6 Å². The van der Waals surface area contributed by atoms with Crippen LogP contribution in [0.3, 0.4) is 0 Å². The topological polar surface area (TPSA) is 127 Å². The Bertz CT molecular complexity index is 850. The van der Waals surface area contributed by atoms with Gasteiger partial charge >= 0.3 is 0 Å². The minimum atomic E-state index is -4.06. The van der Waals surface area contributed by atoms with Crippen LogP contribution in [0.1, 0.15) is 34.1 Å². The third kappa shape index (κ3) is 4.86. The van der Waals surface area contributed by atoms with Gasteiger partial charge in [-0.05, 0) is 24.8 Å². The van der Waals surface area contributed by atoms with E-state index in [4.69, 9.17) is 5.73 Å². The van der Waals surface area contributed by atoms with Crippen LogP contribution in [-0.2, 0) is 14.8 Å². The van der Waals surface area contributed by atoms with Crippen LogP contribution in [-0.4, -0.2) is 60.2 Å². The first-order valence-corrected chi connectivity index (χ1v) is 10.6. The summed E-state index contributed by atoms with van der Waals surface area (Å²) in [6.07, 6.45) is 0.523. The lowest BCUT2D eigenvalue weighted by molar-refractivity contribution is -0.387. The van der Waals surface area contributed by atoms with Crippen LogP contribution in [0, 0.1) is 15.5 Å². The molecule has 0 unspecified atom stereocenters. The molecule has 2 atom stereocenters. The Morgan fingerprint density at radius 1 is 1.32 bits per heavy atom. The number of nitro benzene ring substituents is 1. The van der Waals surface area contributed by atoms with Gasteiger partial charge in [-0.1, -0.05) is 32.9 Å². The van der Waals surface area contributed by atoms with E-state index >= 15 is 0 Å². The van der Waals surface area contributed by atoms with E-state index in [0.29, 0.717) is 6.42 Å². The largest absolute Gasteiger partial charge is 0.338 e. The first kappa shape index (κ1) is 22.3. The number of nitrogens with zero attached hydrogens (tertiary/aromatic N) is 3. The van der Waals surface area contributed by atoms with Crippen LogP contribution in [0.5, 0.6) is 0 Å². The molecular weight excluding hydrogens is 384 g/mol. The van der Waals surface area contributed by atoms with E-state index in [9.17, 15) is 23.3 Å². The van der Waals surface area contributed by atoms with Crippen LogP contribution < -0.4 is 5.73 Å². The zero-order valence-electron chi connectivity index (χ0n) is 16.7. The summed E-state index contributed by atoms with van der Waals surface area (Å²) in [5.41, 5.74) is 5.49. The molecule has 156 valence electrons. The smallest absolute Gasteiger partial charge is 0.289 e. The molecule has 10 heteroatoms. The standard InChI is InChI=1S/C18H28N4O5S/c1-13-12-20(17(23)14(19)11-18(2,3)4)9-10-21(13)28(26,27)16-8-6-5-7-15(16)22(24)25/h5-8,13-14H,9-12,19H2,1-4H3/t13-,14-/m0/s1. The van der Waals surface area contributed by atoms with Crippen molar-refractivity contribution in [1.82, 2.24) is 9.21 Å². The molecular formula is C18H28N4O5S. The Kier molecular flexibility index (Phi) is 6.47. The summed E-state index contributed by atoms with van der Waals surface area (Å²) in [6, 6.07) is 4.11. The molecule has 1 aliphatic rings. The monoisotopic (exact) mass is 412 g/mol. The number of sulfonamides is 1. The fourth-order valence-electron chi connectivity index (χ4n) is 3.43. The first-order chi connectivity index (χ1) is 12.8. The van der Waals surface area contributed by atoms with Gasteiger partial charge in [-0.3, -0.25) is 14.9 Å². The number of amides is 1. The molecule has 0 spiro atoms. The van der Waals surface area contributed by atoms with Gasteiger partial charge in [-0.2, -0.15) is 4.31 Å². The Hall–Kier alpha value is -2.04. The lowest BCUT2D eigenvalue weighted by atomic mass is 9.88. The molecule has 2 rings (SSSR count). The second-order valence-corrected chi connectivity index (χ2v) is 10.2. The van der Waals surface area contributed by atoms with Gasteiger partial charge in [0.25, 0.3) is 5.69 Å². The van der Waals surface area contributed by atoms with Gasteiger partial charge in [-0.15, -0.1) is 0 Å². The highest BCUT2D eigenvalue weighted by molar-refractivity contribution is 7.89. The number of hydrogen-bond acceptors (Lipinski definition) is 6.